The van der Waals surface area contributed by atoms with Crippen molar-refractivity contribution in [3.05, 3.63) is 96.3 Å². The van der Waals surface area contributed by atoms with Gasteiger partial charge in [-0.3, -0.25) is 9.59 Å². The molecule has 0 saturated carbocycles. The number of carbonyl (C=O) groups excluding carboxylic acids is 2. The van der Waals surface area contributed by atoms with E-state index in [0.717, 1.165) is 32.9 Å². The van der Waals surface area contributed by atoms with Gasteiger partial charge in [0.25, 0.3) is 11.8 Å². The van der Waals surface area contributed by atoms with E-state index in [2.05, 4.69) is 32.1 Å². The molecule has 2 amide bonds. The molecule has 5 aromatic rings. The van der Waals surface area contributed by atoms with Gasteiger partial charge < -0.3 is 56.9 Å². The second kappa shape index (κ2) is 12.6. The molecule has 10 heteroatoms. The maximum Gasteiger partial charge on any atom is 0.282 e. The van der Waals surface area contributed by atoms with Crippen LogP contribution in [-0.2, 0) is 22.4 Å². The fourth-order valence-electron chi connectivity index (χ4n) is 4.44. The molecule has 198 valence electrons. The van der Waals surface area contributed by atoms with Gasteiger partial charge >= 0.3 is 0 Å². The van der Waals surface area contributed by atoms with Crippen molar-refractivity contribution in [3.8, 4) is 0 Å². The largest absolute Gasteiger partial charge is 1.00 e. The van der Waals surface area contributed by atoms with Gasteiger partial charge in [0.1, 0.15) is 0 Å². The summed E-state index contributed by atoms with van der Waals surface area (Å²) in [5.74, 6) is -0.317. The monoisotopic (exact) mass is 552 g/mol. The van der Waals surface area contributed by atoms with E-state index in [0.29, 0.717) is 24.2 Å². The van der Waals surface area contributed by atoms with Crippen LogP contribution in [0.1, 0.15) is 11.1 Å². The Bertz CT molecular complexity index is 1410. The van der Waals surface area contributed by atoms with Gasteiger partial charge in [-0.25, -0.2) is 0 Å². The first-order valence-electron chi connectivity index (χ1n) is 12.0. The zero-order valence-corrected chi connectivity index (χ0v) is 22.2. The standard InChI is InChI=1S/C28H28N6O2.2ClH/c29-23(13-17-15-31-25-7-3-1-5-21(17)25)27(35)33-19-9-11-20(12-10-19)34-28(36)24(30)14-18-16-32-26-8-4-2-6-22(18)26;;/h1-12,15-16,23-24,31-32H,13-14,29-30H2,(H,33,35)(H,34,36);2*1H/t23-,24-;;/m0../s1. The van der Waals surface area contributed by atoms with Crippen molar-refractivity contribution in [1.82, 2.24) is 9.97 Å². The number of H-pyrrole nitrogens is 2. The minimum atomic E-state index is -0.444. The Morgan fingerprint density at radius 1 is 0.632 bits per heavy atom. The number of rotatable bonds is 8. The molecular weight excluding hydrogens is 523 g/mol. The lowest BCUT2D eigenvalue weighted by Gasteiger charge is -2.12. The number of benzene rings is 3. The molecule has 2 aromatic heterocycles. The summed E-state index contributed by atoms with van der Waals surface area (Å²) < 4.78 is 0. The molecule has 0 spiro atoms. The van der Waals surface area contributed by atoms with E-state index >= 15 is 0 Å². The van der Waals surface area contributed by atoms with E-state index in [1.54, 1.807) is 24.3 Å². The molecule has 0 aliphatic heterocycles. The highest BCUT2D eigenvalue weighted by atomic mass is 35.5. The minimum absolute atomic E-state index is 0. The molecule has 2 heterocycles. The summed E-state index contributed by atoms with van der Waals surface area (Å²) in [6.45, 7) is 0. The summed E-state index contributed by atoms with van der Waals surface area (Å²) in [5, 5.41) is 8.03. The number of amides is 2. The molecule has 2 atom stereocenters. The number of aromatic amines is 2. The van der Waals surface area contributed by atoms with Gasteiger partial charge in [-0.15, -0.1) is 0 Å². The van der Waals surface area contributed by atoms with Crippen LogP contribution in [0.3, 0.4) is 0 Å². The molecule has 0 radical (unpaired) electrons. The van der Waals surface area contributed by atoms with Crippen LogP contribution in [0.25, 0.3) is 21.8 Å². The van der Waals surface area contributed by atoms with Gasteiger partial charge in [-0.1, -0.05) is 36.4 Å². The summed E-state index contributed by atoms with van der Waals surface area (Å²) >= 11 is 0. The van der Waals surface area contributed by atoms with Crippen molar-refractivity contribution >= 4 is 45.0 Å². The zero-order valence-electron chi connectivity index (χ0n) is 20.6. The van der Waals surface area contributed by atoms with Gasteiger partial charge in [-0.05, 0) is 47.5 Å². The van der Waals surface area contributed by atoms with Crippen LogP contribution in [0, 0.1) is 0 Å². The van der Waals surface area contributed by atoms with Crippen LogP contribution >= 0.6 is 0 Å². The summed E-state index contributed by atoms with van der Waals surface area (Å²) in [7, 11) is 0. The molecule has 0 aliphatic rings. The number of aromatic nitrogens is 2. The SMILES string of the molecule is [Cl-].[Cl-].[NH3+][C@@H](Cc1c[nH]c2ccccc12)C(=O)Nc1ccc(NC(=O)[C@@H]([NH3+])Cc2c[nH]c3ccccc23)cc1. The molecule has 5 rings (SSSR count). The molecule has 0 aliphatic carbocycles. The van der Waals surface area contributed by atoms with E-state index in [1.807, 2.05) is 60.9 Å². The van der Waals surface area contributed by atoms with Gasteiger partial charge in [0, 0.05) is 58.4 Å². The average molecular weight is 553 g/mol. The summed E-state index contributed by atoms with van der Waals surface area (Å²) in [6.07, 6.45) is 4.93. The highest BCUT2D eigenvalue weighted by Gasteiger charge is 2.21. The van der Waals surface area contributed by atoms with Crippen molar-refractivity contribution < 1.29 is 45.9 Å². The smallest absolute Gasteiger partial charge is 0.282 e. The molecule has 0 fully saturated rings. The van der Waals surface area contributed by atoms with Crippen molar-refractivity contribution in [2.45, 2.75) is 24.9 Å². The lowest BCUT2D eigenvalue weighted by molar-refractivity contribution is -0.402. The Morgan fingerprint density at radius 2 is 1.00 bits per heavy atom. The Labute approximate surface area is 232 Å². The molecule has 38 heavy (non-hydrogen) atoms. The highest BCUT2D eigenvalue weighted by Crippen LogP contribution is 2.21. The summed E-state index contributed by atoms with van der Waals surface area (Å²) in [5.41, 5.74) is 13.6. The maximum absolute atomic E-state index is 12.7. The highest BCUT2D eigenvalue weighted by molar-refractivity contribution is 5.96. The Kier molecular flexibility index (Phi) is 9.55. The van der Waals surface area contributed by atoms with Gasteiger partial charge in [0.15, 0.2) is 12.1 Å². The number of quaternary nitrogens is 2. The first-order chi connectivity index (χ1) is 17.5. The number of fused-ring (bicyclic) bond motifs is 2. The fraction of sp³-hybridized carbons (Fsp3) is 0.143. The predicted octanol–water partition coefficient (Wildman–Crippen LogP) is -3.76. The van der Waals surface area contributed by atoms with Gasteiger partial charge in [0.05, 0.1) is 0 Å². The first kappa shape index (κ1) is 28.7. The molecule has 0 bridgehead atoms. The minimum Gasteiger partial charge on any atom is -1.00 e. The quantitative estimate of drug-likeness (QED) is 0.117. The van der Waals surface area contributed by atoms with Gasteiger partial charge in [0.2, 0.25) is 0 Å². The number of hydrogen-bond donors (Lipinski definition) is 6. The third-order valence-corrected chi connectivity index (χ3v) is 6.44. The van der Waals surface area contributed by atoms with E-state index in [4.69, 9.17) is 0 Å². The molecule has 3 aromatic carbocycles. The lowest BCUT2D eigenvalue weighted by Crippen LogP contribution is -3.00. The van der Waals surface area contributed by atoms with Crippen LogP contribution in [0.15, 0.2) is 85.2 Å². The lowest BCUT2D eigenvalue weighted by atomic mass is 10.0. The zero-order chi connectivity index (χ0) is 25.1. The van der Waals surface area contributed by atoms with Crippen LogP contribution in [-0.4, -0.2) is 33.9 Å². The number of anilines is 2. The molecule has 0 saturated heterocycles. The number of nitrogens with one attached hydrogen (secondary N) is 4. The van der Waals surface area contributed by atoms with Gasteiger partial charge in [-0.2, -0.15) is 0 Å². The van der Waals surface area contributed by atoms with Crippen molar-refractivity contribution in [3.63, 3.8) is 0 Å². The van der Waals surface area contributed by atoms with E-state index in [9.17, 15) is 9.59 Å². The summed E-state index contributed by atoms with van der Waals surface area (Å²) in [4.78, 5) is 31.9. The third-order valence-electron chi connectivity index (χ3n) is 6.44. The first-order valence-corrected chi connectivity index (χ1v) is 12.0. The van der Waals surface area contributed by atoms with Crippen molar-refractivity contribution in [1.29, 1.82) is 0 Å². The number of halogens is 2. The molecule has 8 nitrogen and oxygen atoms in total. The Morgan fingerprint density at radius 3 is 1.39 bits per heavy atom. The van der Waals surface area contributed by atoms with Crippen LogP contribution < -0.4 is 46.9 Å². The molecular formula is C28H30Cl2N6O2. The second-order valence-electron chi connectivity index (χ2n) is 9.08. The number of para-hydroxylation sites is 2. The van der Waals surface area contributed by atoms with E-state index < -0.39 is 12.1 Å². The second-order valence-corrected chi connectivity index (χ2v) is 9.08. The third kappa shape index (κ3) is 6.35. The van der Waals surface area contributed by atoms with E-state index in [1.165, 1.54) is 0 Å². The van der Waals surface area contributed by atoms with Crippen molar-refractivity contribution in [2.75, 3.05) is 10.6 Å². The van der Waals surface area contributed by atoms with E-state index in [-0.39, 0.29) is 36.6 Å². The normalized spacial score (nSPS) is 12.3. The number of carbonyl (C=O) groups is 2. The predicted molar refractivity (Wildman–Crippen MR) is 141 cm³/mol. The Balaban J connectivity index is 0.00000200. The Hall–Kier alpha value is -3.82. The molecule has 10 N–H and O–H groups in total. The average Bonchev–Trinajstić information content (AvgIpc) is 3.49. The van der Waals surface area contributed by atoms with Crippen LogP contribution in [0.5, 0.6) is 0 Å². The van der Waals surface area contributed by atoms with Crippen molar-refractivity contribution in [2.24, 2.45) is 0 Å². The van der Waals surface area contributed by atoms with Crippen LogP contribution in [0.2, 0.25) is 0 Å². The maximum atomic E-state index is 12.7. The van der Waals surface area contributed by atoms with Crippen LogP contribution in [0.4, 0.5) is 11.4 Å². The topological polar surface area (TPSA) is 145 Å². The number of hydrogen-bond acceptors (Lipinski definition) is 2. The molecule has 0 unspecified atom stereocenters. The fourth-order valence-corrected chi connectivity index (χ4v) is 4.44. The summed E-state index contributed by atoms with van der Waals surface area (Å²) in [6, 6.07) is 22.2.